The van der Waals surface area contributed by atoms with Crippen molar-refractivity contribution in [3.8, 4) is 0 Å². The number of hydrogen-bond acceptors (Lipinski definition) is 6. The predicted molar refractivity (Wildman–Crippen MR) is 66.9 cm³/mol. The SMILES string of the molecule is CC(CNc1nccc(C(=O)O)n1)c1nncn1C. The first-order valence-electron chi connectivity index (χ1n) is 5.72. The molecule has 0 amide bonds. The fourth-order valence-corrected chi connectivity index (χ4v) is 1.64. The standard InChI is InChI=1S/C11H14N6O2/c1-7(9-16-14-6-17(9)2)5-13-11-12-4-3-8(15-11)10(18)19/h3-4,6-7H,5H2,1-2H3,(H,18,19)(H,12,13,15). The molecule has 2 N–H and O–H groups in total. The van der Waals surface area contributed by atoms with E-state index in [0.29, 0.717) is 6.54 Å². The van der Waals surface area contributed by atoms with Crippen LogP contribution in [0.15, 0.2) is 18.6 Å². The Kier molecular flexibility index (Phi) is 3.69. The fraction of sp³-hybridized carbons (Fsp3) is 0.364. The van der Waals surface area contributed by atoms with Gasteiger partial charge in [0.05, 0.1) is 0 Å². The highest BCUT2D eigenvalue weighted by molar-refractivity contribution is 5.85. The second-order valence-electron chi connectivity index (χ2n) is 4.15. The third-order valence-electron chi connectivity index (χ3n) is 2.63. The lowest BCUT2D eigenvalue weighted by Crippen LogP contribution is -2.16. The zero-order valence-electron chi connectivity index (χ0n) is 10.6. The van der Waals surface area contributed by atoms with E-state index in [2.05, 4.69) is 25.5 Å². The highest BCUT2D eigenvalue weighted by Gasteiger charge is 2.12. The van der Waals surface area contributed by atoms with Crippen molar-refractivity contribution >= 4 is 11.9 Å². The first-order valence-corrected chi connectivity index (χ1v) is 5.72. The van der Waals surface area contributed by atoms with E-state index in [1.54, 1.807) is 6.33 Å². The lowest BCUT2D eigenvalue weighted by Gasteiger charge is -2.11. The molecule has 1 atom stereocenters. The molecule has 100 valence electrons. The molecule has 2 rings (SSSR count). The smallest absolute Gasteiger partial charge is 0.354 e. The molecule has 0 aromatic carbocycles. The van der Waals surface area contributed by atoms with E-state index in [4.69, 9.17) is 5.11 Å². The number of hydrogen-bond donors (Lipinski definition) is 2. The van der Waals surface area contributed by atoms with Crippen molar-refractivity contribution in [1.82, 2.24) is 24.7 Å². The molecule has 2 aromatic heterocycles. The van der Waals surface area contributed by atoms with Gasteiger partial charge in [-0.05, 0) is 6.07 Å². The number of nitrogens with zero attached hydrogens (tertiary/aromatic N) is 5. The molecule has 0 spiro atoms. The Morgan fingerprint density at radius 2 is 2.37 bits per heavy atom. The first kappa shape index (κ1) is 12.9. The predicted octanol–water partition coefficient (Wildman–Crippen LogP) is 0.519. The number of aromatic nitrogens is 5. The third kappa shape index (κ3) is 3.03. The van der Waals surface area contributed by atoms with E-state index in [1.807, 2.05) is 18.5 Å². The molecular formula is C11H14N6O2. The molecule has 19 heavy (non-hydrogen) atoms. The minimum absolute atomic E-state index is 0.0381. The first-order chi connectivity index (χ1) is 9.08. The molecule has 1 unspecified atom stereocenters. The van der Waals surface area contributed by atoms with E-state index in [-0.39, 0.29) is 17.6 Å². The molecule has 2 heterocycles. The van der Waals surface area contributed by atoms with Gasteiger partial charge in [-0.15, -0.1) is 10.2 Å². The van der Waals surface area contributed by atoms with Gasteiger partial charge < -0.3 is 15.0 Å². The van der Waals surface area contributed by atoms with Crippen LogP contribution in [0, 0.1) is 0 Å². The summed E-state index contributed by atoms with van der Waals surface area (Å²) in [6.45, 7) is 2.52. The average molecular weight is 262 g/mol. The number of aromatic carboxylic acids is 1. The lowest BCUT2D eigenvalue weighted by atomic mass is 10.1. The Hall–Kier alpha value is -2.51. The zero-order valence-corrected chi connectivity index (χ0v) is 10.6. The fourth-order valence-electron chi connectivity index (χ4n) is 1.64. The van der Waals surface area contributed by atoms with Crippen molar-refractivity contribution < 1.29 is 9.90 Å². The second-order valence-corrected chi connectivity index (χ2v) is 4.15. The maximum absolute atomic E-state index is 10.8. The summed E-state index contributed by atoms with van der Waals surface area (Å²) < 4.78 is 1.83. The van der Waals surface area contributed by atoms with Crippen LogP contribution in [-0.2, 0) is 7.05 Å². The van der Waals surface area contributed by atoms with Gasteiger partial charge in [0.2, 0.25) is 5.95 Å². The maximum atomic E-state index is 10.8. The topological polar surface area (TPSA) is 106 Å². The minimum atomic E-state index is -1.08. The lowest BCUT2D eigenvalue weighted by molar-refractivity contribution is 0.0690. The number of aryl methyl sites for hydroxylation is 1. The van der Waals surface area contributed by atoms with Crippen LogP contribution >= 0.6 is 0 Å². The molecular weight excluding hydrogens is 248 g/mol. The average Bonchev–Trinajstić information content (AvgIpc) is 2.82. The summed E-state index contributed by atoms with van der Waals surface area (Å²) >= 11 is 0. The van der Waals surface area contributed by atoms with Crippen molar-refractivity contribution in [2.24, 2.45) is 7.05 Å². The van der Waals surface area contributed by atoms with Gasteiger partial charge in [-0.2, -0.15) is 0 Å². The van der Waals surface area contributed by atoms with E-state index in [1.165, 1.54) is 12.3 Å². The van der Waals surface area contributed by atoms with Gasteiger partial charge in [0.15, 0.2) is 5.69 Å². The summed E-state index contributed by atoms with van der Waals surface area (Å²) in [4.78, 5) is 18.6. The van der Waals surface area contributed by atoms with Crippen molar-refractivity contribution in [2.45, 2.75) is 12.8 Å². The molecule has 0 radical (unpaired) electrons. The summed E-state index contributed by atoms with van der Waals surface area (Å²) in [6.07, 6.45) is 3.04. The normalized spacial score (nSPS) is 12.1. The van der Waals surface area contributed by atoms with Crippen molar-refractivity contribution in [1.29, 1.82) is 0 Å². The van der Waals surface area contributed by atoms with Crippen LogP contribution in [0.3, 0.4) is 0 Å². The molecule has 8 heteroatoms. The Morgan fingerprint density at radius 3 is 3.00 bits per heavy atom. The largest absolute Gasteiger partial charge is 0.477 e. The van der Waals surface area contributed by atoms with E-state index < -0.39 is 5.97 Å². The number of carboxylic acid groups (broad SMARTS) is 1. The number of carboxylic acids is 1. The van der Waals surface area contributed by atoms with Gasteiger partial charge in [0, 0.05) is 25.7 Å². The summed E-state index contributed by atoms with van der Waals surface area (Å²) in [5.74, 6) is 0.146. The second kappa shape index (κ2) is 5.42. The van der Waals surface area contributed by atoms with Gasteiger partial charge >= 0.3 is 5.97 Å². The van der Waals surface area contributed by atoms with Crippen molar-refractivity contribution in [3.05, 3.63) is 30.1 Å². The summed E-state index contributed by atoms with van der Waals surface area (Å²) in [7, 11) is 1.87. The highest BCUT2D eigenvalue weighted by Crippen LogP contribution is 2.11. The molecule has 0 aliphatic heterocycles. The summed E-state index contributed by atoms with van der Waals surface area (Å²) in [5, 5.41) is 19.6. The Labute approximate surface area is 109 Å². The molecule has 0 fully saturated rings. The molecule has 0 saturated carbocycles. The zero-order chi connectivity index (χ0) is 13.8. The number of nitrogens with one attached hydrogen (secondary N) is 1. The molecule has 0 saturated heterocycles. The van der Waals surface area contributed by atoms with Crippen LogP contribution in [0.4, 0.5) is 5.95 Å². The summed E-state index contributed by atoms with van der Waals surface area (Å²) in [5.41, 5.74) is -0.0381. The number of carbonyl (C=O) groups is 1. The van der Waals surface area contributed by atoms with E-state index in [9.17, 15) is 4.79 Å². The van der Waals surface area contributed by atoms with Crippen LogP contribution in [0.25, 0.3) is 0 Å². The van der Waals surface area contributed by atoms with Crippen molar-refractivity contribution in [2.75, 3.05) is 11.9 Å². The molecule has 8 nitrogen and oxygen atoms in total. The van der Waals surface area contributed by atoms with Crippen LogP contribution in [0.1, 0.15) is 29.2 Å². The quantitative estimate of drug-likeness (QED) is 0.809. The van der Waals surface area contributed by atoms with Crippen LogP contribution < -0.4 is 5.32 Å². The van der Waals surface area contributed by atoms with Gasteiger partial charge in [-0.25, -0.2) is 14.8 Å². The molecule has 0 aliphatic rings. The van der Waals surface area contributed by atoms with Crippen LogP contribution in [0.2, 0.25) is 0 Å². The highest BCUT2D eigenvalue weighted by atomic mass is 16.4. The van der Waals surface area contributed by atoms with E-state index >= 15 is 0 Å². The maximum Gasteiger partial charge on any atom is 0.354 e. The Balaban J connectivity index is 2.01. The summed E-state index contributed by atoms with van der Waals surface area (Å²) in [6, 6.07) is 1.35. The van der Waals surface area contributed by atoms with Gasteiger partial charge in [0.25, 0.3) is 0 Å². The van der Waals surface area contributed by atoms with Gasteiger partial charge in [-0.1, -0.05) is 6.92 Å². The van der Waals surface area contributed by atoms with Gasteiger partial charge in [-0.3, -0.25) is 0 Å². The van der Waals surface area contributed by atoms with Crippen molar-refractivity contribution in [3.63, 3.8) is 0 Å². The minimum Gasteiger partial charge on any atom is -0.477 e. The van der Waals surface area contributed by atoms with Crippen LogP contribution in [-0.4, -0.2) is 42.4 Å². The Bertz CT molecular complexity index is 582. The third-order valence-corrected chi connectivity index (χ3v) is 2.63. The molecule has 0 bridgehead atoms. The number of anilines is 1. The van der Waals surface area contributed by atoms with Crippen LogP contribution in [0.5, 0.6) is 0 Å². The Morgan fingerprint density at radius 1 is 1.58 bits per heavy atom. The monoisotopic (exact) mass is 262 g/mol. The molecule has 2 aromatic rings. The van der Waals surface area contributed by atoms with Gasteiger partial charge in [0.1, 0.15) is 12.2 Å². The number of rotatable bonds is 5. The molecule has 0 aliphatic carbocycles. The van der Waals surface area contributed by atoms with E-state index in [0.717, 1.165) is 5.82 Å².